The van der Waals surface area contributed by atoms with E-state index in [2.05, 4.69) is 48.4 Å². The molecule has 0 saturated carbocycles. The fourth-order valence-corrected chi connectivity index (χ4v) is 4.18. The minimum Gasteiger partial charge on any atom is -0.385 e. The zero-order chi connectivity index (χ0) is 20.7. The lowest BCUT2D eigenvalue weighted by atomic mass is 10.0. The molecule has 1 saturated heterocycles. The lowest BCUT2D eigenvalue weighted by Crippen LogP contribution is -2.52. The van der Waals surface area contributed by atoms with E-state index in [1.165, 1.54) is 0 Å². The third-order valence-corrected chi connectivity index (χ3v) is 5.48. The van der Waals surface area contributed by atoms with E-state index in [4.69, 9.17) is 4.74 Å². The van der Waals surface area contributed by atoms with Crippen LogP contribution in [0, 0.1) is 0 Å². The molecule has 0 bridgehead atoms. The van der Waals surface area contributed by atoms with E-state index < -0.39 is 0 Å². The van der Waals surface area contributed by atoms with Crippen molar-refractivity contribution in [1.82, 2.24) is 14.4 Å². The van der Waals surface area contributed by atoms with Gasteiger partial charge >= 0.3 is 0 Å². The molecule has 0 aromatic carbocycles. The summed E-state index contributed by atoms with van der Waals surface area (Å²) in [5.41, 5.74) is 0.734. The smallest absolute Gasteiger partial charge is 0.271 e. The fourth-order valence-electron chi connectivity index (χ4n) is 4.18. The second-order valence-electron chi connectivity index (χ2n) is 8.06. The van der Waals surface area contributed by atoms with Crippen LogP contribution < -0.4 is 10.6 Å². The van der Waals surface area contributed by atoms with Crippen molar-refractivity contribution in [1.29, 1.82) is 0 Å². The van der Waals surface area contributed by atoms with Crippen molar-refractivity contribution in [2.75, 3.05) is 33.9 Å². The highest BCUT2D eigenvalue weighted by Crippen LogP contribution is 2.20. The van der Waals surface area contributed by atoms with Crippen LogP contribution in [0.2, 0.25) is 0 Å². The number of allylic oxidation sites excluding steroid dienone is 1. The van der Waals surface area contributed by atoms with Crippen LogP contribution in [0.15, 0.2) is 18.7 Å². The van der Waals surface area contributed by atoms with Crippen molar-refractivity contribution in [2.24, 2.45) is 0 Å². The summed E-state index contributed by atoms with van der Waals surface area (Å²) < 4.78 is 7.29. The molecule has 5 nitrogen and oxygen atoms in total. The summed E-state index contributed by atoms with van der Waals surface area (Å²) in [5, 5.41) is 1.85. The summed E-state index contributed by atoms with van der Waals surface area (Å²) in [6.45, 7) is 15.8. The number of hydrogen-bond acceptors (Lipinski definition) is 3. The van der Waals surface area contributed by atoms with E-state index in [9.17, 15) is 4.79 Å². The fraction of sp³-hybridized carbons (Fsp3) is 0.609. The topological polar surface area (TPSA) is 37.7 Å². The van der Waals surface area contributed by atoms with Gasteiger partial charge in [-0.25, -0.2) is 0 Å². The minimum atomic E-state index is 0.107. The molecule has 2 rings (SSSR count). The molecule has 0 radical (unpaired) electrons. The Morgan fingerprint density at radius 1 is 1.43 bits per heavy atom. The largest absolute Gasteiger partial charge is 0.385 e. The lowest BCUT2D eigenvalue weighted by molar-refractivity contribution is 0.0474. The Balaban J connectivity index is 2.38. The van der Waals surface area contributed by atoms with Gasteiger partial charge in [0.25, 0.3) is 5.91 Å². The van der Waals surface area contributed by atoms with Gasteiger partial charge in [-0.05, 0) is 70.5 Å². The molecule has 5 heteroatoms. The first-order valence-corrected chi connectivity index (χ1v) is 10.4. The predicted molar refractivity (Wildman–Crippen MR) is 117 cm³/mol. The summed E-state index contributed by atoms with van der Waals surface area (Å²) in [4.78, 5) is 18.1. The maximum absolute atomic E-state index is 13.7. The SMILES string of the molecule is C=C/C=c1\c(=C)cc(C(=O)N(C(C)C)[C@@H]2CCCN(C)C2)n1CCCCOC. The molecule has 156 valence electrons. The Kier molecular flexibility index (Phi) is 8.52. The van der Waals surface area contributed by atoms with Gasteiger partial charge in [-0.1, -0.05) is 19.2 Å². The Labute approximate surface area is 170 Å². The Bertz CT molecular complexity index is 766. The first-order chi connectivity index (χ1) is 13.4. The summed E-state index contributed by atoms with van der Waals surface area (Å²) in [5.74, 6) is 0.107. The monoisotopic (exact) mass is 387 g/mol. The molecule has 1 aromatic rings. The van der Waals surface area contributed by atoms with Crippen molar-refractivity contribution in [2.45, 2.75) is 58.2 Å². The van der Waals surface area contributed by atoms with Crippen LogP contribution in [-0.2, 0) is 11.3 Å². The van der Waals surface area contributed by atoms with E-state index in [1.807, 2.05) is 12.1 Å². The number of likely N-dealkylation sites (N-methyl/N-ethyl adjacent to an activating group) is 1. The van der Waals surface area contributed by atoms with Crippen LogP contribution in [0.5, 0.6) is 0 Å². The maximum Gasteiger partial charge on any atom is 0.271 e. The van der Waals surface area contributed by atoms with Gasteiger partial charge in [0.15, 0.2) is 0 Å². The third kappa shape index (κ3) is 5.36. The second kappa shape index (κ2) is 10.6. The summed E-state index contributed by atoms with van der Waals surface area (Å²) in [7, 11) is 3.86. The van der Waals surface area contributed by atoms with E-state index in [-0.39, 0.29) is 18.0 Å². The maximum atomic E-state index is 13.7. The zero-order valence-electron chi connectivity index (χ0n) is 18.1. The number of hydrogen-bond donors (Lipinski definition) is 0. The Morgan fingerprint density at radius 2 is 2.18 bits per heavy atom. The molecule has 0 unspecified atom stereocenters. The van der Waals surface area contributed by atoms with E-state index in [1.54, 1.807) is 13.2 Å². The number of likely N-dealkylation sites (tertiary alicyclic amines) is 1. The van der Waals surface area contributed by atoms with Crippen LogP contribution in [0.1, 0.15) is 50.0 Å². The van der Waals surface area contributed by atoms with E-state index in [0.29, 0.717) is 0 Å². The molecule has 0 aliphatic carbocycles. The molecule has 1 amide bonds. The number of carbonyl (C=O) groups is 1. The number of carbonyl (C=O) groups excluding carboxylic acids is 1. The third-order valence-electron chi connectivity index (χ3n) is 5.48. The quantitative estimate of drug-likeness (QED) is 0.610. The van der Waals surface area contributed by atoms with Crippen LogP contribution >= 0.6 is 0 Å². The molecule has 28 heavy (non-hydrogen) atoms. The van der Waals surface area contributed by atoms with Crippen LogP contribution in [0.4, 0.5) is 0 Å². The van der Waals surface area contributed by atoms with Gasteiger partial charge in [-0.3, -0.25) is 4.79 Å². The number of piperidine rings is 1. The molecular weight excluding hydrogens is 350 g/mol. The highest BCUT2D eigenvalue weighted by Gasteiger charge is 2.31. The molecule has 0 spiro atoms. The van der Waals surface area contributed by atoms with Gasteiger partial charge in [0, 0.05) is 44.2 Å². The van der Waals surface area contributed by atoms with Gasteiger partial charge in [0.1, 0.15) is 5.69 Å². The zero-order valence-corrected chi connectivity index (χ0v) is 18.1. The molecule has 0 N–H and O–H groups in total. The van der Waals surface area contributed by atoms with Gasteiger partial charge in [0.05, 0.1) is 0 Å². The van der Waals surface area contributed by atoms with Crippen LogP contribution in [0.25, 0.3) is 12.7 Å². The van der Waals surface area contributed by atoms with E-state index >= 15 is 0 Å². The first kappa shape index (κ1) is 22.4. The van der Waals surface area contributed by atoms with Crippen molar-refractivity contribution in [3.63, 3.8) is 0 Å². The minimum absolute atomic E-state index is 0.107. The molecular formula is C23H37N3O2. The summed E-state index contributed by atoms with van der Waals surface area (Å²) >= 11 is 0. The first-order valence-electron chi connectivity index (χ1n) is 10.4. The molecule has 1 fully saturated rings. The van der Waals surface area contributed by atoms with Crippen LogP contribution in [-0.4, -0.2) is 66.2 Å². The lowest BCUT2D eigenvalue weighted by Gasteiger charge is -2.40. The van der Waals surface area contributed by atoms with Crippen molar-refractivity contribution >= 4 is 18.6 Å². The molecule has 1 atom stereocenters. The number of aromatic nitrogens is 1. The normalized spacial score (nSPS) is 18.6. The highest BCUT2D eigenvalue weighted by atomic mass is 16.5. The number of nitrogens with zero attached hydrogens (tertiary/aromatic N) is 3. The highest BCUT2D eigenvalue weighted by molar-refractivity contribution is 5.93. The van der Waals surface area contributed by atoms with Gasteiger partial charge in [0.2, 0.25) is 0 Å². The molecule has 1 aromatic heterocycles. The standard InChI is InChI=1S/C23H37N3O2/c1-7-11-21-19(4)16-22(25(21)14-8-9-15-28-6)23(27)26(18(2)3)20-12-10-13-24(5)17-20/h7,11,16,18,20H,1,4,8-10,12-15,17H2,2-3,5-6H3/b21-11+/t20-/m1/s1. The molecule has 1 aliphatic rings. The predicted octanol–water partition coefficient (Wildman–Crippen LogP) is 2.24. The molecule has 2 heterocycles. The van der Waals surface area contributed by atoms with Crippen molar-refractivity contribution in [3.8, 4) is 0 Å². The van der Waals surface area contributed by atoms with Gasteiger partial charge in [-0.15, -0.1) is 0 Å². The van der Waals surface area contributed by atoms with Crippen molar-refractivity contribution < 1.29 is 9.53 Å². The van der Waals surface area contributed by atoms with Gasteiger partial charge in [-0.2, -0.15) is 0 Å². The summed E-state index contributed by atoms with van der Waals surface area (Å²) in [6, 6.07) is 2.35. The second-order valence-corrected chi connectivity index (χ2v) is 8.06. The Hall–Kier alpha value is -1.85. The summed E-state index contributed by atoms with van der Waals surface area (Å²) in [6.07, 6.45) is 7.82. The van der Waals surface area contributed by atoms with Crippen LogP contribution in [0.3, 0.4) is 0 Å². The molecule has 1 aliphatic heterocycles. The number of rotatable bonds is 9. The van der Waals surface area contributed by atoms with Gasteiger partial charge < -0.3 is 19.1 Å². The Morgan fingerprint density at radius 3 is 2.79 bits per heavy atom. The number of amides is 1. The average Bonchev–Trinajstić information content (AvgIpc) is 2.95. The average molecular weight is 388 g/mol. The van der Waals surface area contributed by atoms with Crippen molar-refractivity contribution in [3.05, 3.63) is 35.0 Å². The van der Waals surface area contributed by atoms with E-state index in [0.717, 1.165) is 68.2 Å². The number of ether oxygens (including phenoxy) is 1. The number of unbranched alkanes of at least 4 members (excludes halogenated alkanes) is 1. The number of methoxy groups -OCH3 is 1.